The molecule has 0 radical (unpaired) electrons. The molecule has 4 atom stereocenters. The fraction of sp³-hybridized carbons (Fsp3) is 0.700. The lowest BCUT2D eigenvalue weighted by Crippen LogP contribution is -2.57. The Hall–Kier alpha value is -3.07. The van der Waals surface area contributed by atoms with Gasteiger partial charge in [-0.25, -0.2) is 4.79 Å². The van der Waals surface area contributed by atoms with Crippen molar-refractivity contribution in [1.82, 2.24) is 16.0 Å². The van der Waals surface area contributed by atoms with E-state index in [2.05, 4.69) is 33.6 Å². The quantitative estimate of drug-likeness (QED) is 0.0414. The summed E-state index contributed by atoms with van der Waals surface area (Å²) in [5, 5.41) is 16.8. The van der Waals surface area contributed by atoms with E-state index in [0.29, 0.717) is 0 Å². The van der Waals surface area contributed by atoms with Crippen molar-refractivity contribution in [2.75, 3.05) is 12.3 Å². The van der Waals surface area contributed by atoms with Crippen LogP contribution >= 0.6 is 12.6 Å². The molecule has 4 unspecified atom stereocenters. The first-order valence-electron chi connectivity index (χ1n) is 11.1. The molecule has 0 heterocycles. The maximum atomic E-state index is 12.9. The number of aliphatic imine (C=N–C) groups is 1. The molecule has 4 amide bonds. The lowest BCUT2D eigenvalue weighted by Gasteiger charge is -2.25. The molecule has 0 saturated carbocycles. The number of carboxylic acids is 1. The van der Waals surface area contributed by atoms with E-state index >= 15 is 0 Å². The SMILES string of the molecule is CC(C)CC(NC(=O)C(N)CS)C(=O)NC(CCC(N)=O)C(=O)NC(CCCN=C(N)N)C(=O)O. The Balaban J connectivity index is 5.50. The minimum absolute atomic E-state index is 0.00206. The lowest BCUT2D eigenvalue weighted by atomic mass is 10.0. The van der Waals surface area contributed by atoms with Crippen LogP contribution in [-0.2, 0) is 24.0 Å². The molecule has 0 spiro atoms. The Morgan fingerprint density at radius 2 is 1.43 bits per heavy atom. The topological polar surface area (TPSA) is 258 Å². The van der Waals surface area contributed by atoms with Gasteiger partial charge in [-0.05, 0) is 31.6 Å². The standard InChI is InChI=1S/C20H38N8O6S/c1-10(2)8-14(28-16(30)11(21)9-35)18(32)26-12(5-6-15(22)29)17(31)27-13(19(33)34)4-3-7-25-20(23)24/h10-14,35H,3-9,21H2,1-2H3,(H2,22,29)(H,26,32)(H,27,31)(H,28,30)(H,33,34)(H4,23,24,25). The summed E-state index contributed by atoms with van der Waals surface area (Å²) in [6.45, 7) is 3.83. The molecule has 0 aromatic carbocycles. The normalized spacial score (nSPS) is 14.2. The summed E-state index contributed by atoms with van der Waals surface area (Å²) in [4.78, 5) is 64.6. The Labute approximate surface area is 209 Å². The smallest absolute Gasteiger partial charge is 0.326 e. The molecule has 14 nitrogen and oxygen atoms in total. The highest BCUT2D eigenvalue weighted by Gasteiger charge is 2.30. The van der Waals surface area contributed by atoms with Crippen molar-refractivity contribution in [2.45, 2.75) is 70.1 Å². The first-order chi connectivity index (χ1) is 16.3. The number of nitrogens with zero attached hydrogens (tertiary/aromatic N) is 1. The molecular weight excluding hydrogens is 480 g/mol. The van der Waals surface area contributed by atoms with Gasteiger partial charge < -0.3 is 44.0 Å². The second-order valence-corrected chi connectivity index (χ2v) is 8.76. The van der Waals surface area contributed by atoms with Crippen LogP contribution in [0.1, 0.15) is 46.0 Å². The third-order valence-corrected chi connectivity index (χ3v) is 5.14. The van der Waals surface area contributed by atoms with Crippen molar-refractivity contribution in [2.24, 2.45) is 33.8 Å². The molecule has 0 bridgehead atoms. The summed E-state index contributed by atoms with van der Waals surface area (Å²) >= 11 is 3.97. The molecule has 200 valence electrons. The number of nitrogens with one attached hydrogen (secondary N) is 3. The van der Waals surface area contributed by atoms with Crippen LogP contribution in [0.25, 0.3) is 0 Å². The first-order valence-corrected chi connectivity index (χ1v) is 11.8. The van der Waals surface area contributed by atoms with Gasteiger partial charge in [-0.1, -0.05) is 13.8 Å². The zero-order valence-corrected chi connectivity index (χ0v) is 20.9. The van der Waals surface area contributed by atoms with E-state index in [-0.39, 0.29) is 56.3 Å². The van der Waals surface area contributed by atoms with Gasteiger partial charge in [0.05, 0.1) is 6.04 Å². The molecular formula is C20H38N8O6S. The summed E-state index contributed by atoms with van der Waals surface area (Å²) in [5.41, 5.74) is 21.3. The van der Waals surface area contributed by atoms with E-state index in [9.17, 15) is 29.1 Å². The molecule has 12 N–H and O–H groups in total. The van der Waals surface area contributed by atoms with Gasteiger partial charge in [-0.2, -0.15) is 12.6 Å². The molecule has 0 rings (SSSR count). The molecule has 0 aliphatic carbocycles. The molecule has 0 fully saturated rings. The fourth-order valence-electron chi connectivity index (χ4n) is 2.93. The molecule has 0 saturated heterocycles. The number of hydrogen-bond acceptors (Lipinski definition) is 8. The van der Waals surface area contributed by atoms with Gasteiger partial charge in [-0.3, -0.25) is 24.2 Å². The highest BCUT2D eigenvalue weighted by molar-refractivity contribution is 7.80. The fourth-order valence-corrected chi connectivity index (χ4v) is 3.09. The van der Waals surface area contributed by atoms with Crippen molar-refractivity contribution >= 4 is 48.2 Å². The van der Waals surface area contributed by atoms with Gasteiger partial charge in [0.15, 0.2) is 5.96 Å². The zero-order valence-electron chi connectivity index (χ0n) is 20.0. The molecule has 0 aromatic heterocycles. The maximum Gasteiger partial charge on any atom is 0.326 e. The average molecular weight is 519 g/mol. The summed E-state index contributed by atoms with van der Waals surface area (Å²) in [5.74, 6) is -4.20. The highest BCUT2D eigenvalue weighted by atomic mass is 32.1. The predicted octanol–water partition coefficient (Wildman–Crippen LogP) is -2.85. The molecule has 15 heteroatoms. The molecule has 0 aliphatic rings. The van der Waals surface area contributed by atoms with Crippen molar-refractivity contribution < 1.29 is 29.1 Å². The zero-order chi connectivity index (χ0) is 27.1. The second-order valence-electron chi connectivity index (χ2n) is 8.39. The van der Waals surface area contributed by atoms with Crippen molar-refractivity contribution in [3.8, 4) is 0 Å². The van der Waals surface area contributed by atoms with Crippen LogP contribution in [0.3, 0.4) is 0 Å². The van der Waals surface area contributed by atoms with E-state index in [0.717, 1.165) is 0 Å². The number of hydrogen-bond donors (Lipinski definition) is 9. The summed E-state index contributed by atoms with van der Waals surface area (Å²) in [7, 11) is 0. The number of carbonyl (C=O) groups is 5. The van der Waals surface area contributed by atoms with E-state index < -0.39 is 53.8 Å². The minimum Gasteiger partial charge on any atom is -0.480 e. The van der Waals surface area contributed by atoms with Crippen LogP contribution in [0, 0.1) is 5.92 Å². The Morgan fingerprint density at radius 1 is 0.886 bits per heavy atom. The predicted molar refractivity (Wildman–Crippen MR) is 133 cm³/mol. The lowest BCUT2D eigenvalue weighted by molar-refractivity contribution is -0.142. The average Bonchev–Trinajstić information content (AvgIpc) is 2.76. The van der Waals surface area contributed by atoms with E-state index in [1.165, 1.54) is 0 Å². The number of nitrogens with two attached hydrogens (primary N) is 4. The summed E-state index contributed by atoms with van der Waals surface area (Å²) in [6.07, 6.45) is 0.102. The minimum atomic E-state index is -1.30. The summed E-state index contributed by atoms with van der Waals surface area (Å²) < 4.78 is 0. The van der Waals surface area contributed by atoms with Gasteiger partial charge in [0.1, 0.15) is 18.1 Å². The number of thiol groups is 1. The Kier molecular flexibility index (Phi) is 15.1. The van der Waals surface area contributed by atoms with Gasteiger partial charge in [0.2, 0.25) is 23.6 Å². The number of guanidine groups is 1. The number of rotatable bonds is 17. The van der Waals surface area contributed by atoms with Crippen LogP contribution in [-0.4, -0.2) is 77.1 Å². The number of aliphatic carboxylic acids is 1. The van der Waals surface area contributed by atoms with Gasteiger partial charge in [0, 0.05) is 18.7 Å². The first kappa shape index (κ1) is 31.9. The van der Waals surface area contributed by atoms with Crippen molar-refractivity contribution in [3.63, 3.8) is 0 Å². The molecule has 0 aliphatic heterocycles. The largest absolute Gasteiger partial charge is 0.480 e. The van der Waals surface area contributed by atoms with Gasteiger partial charge >= 0.3 is 5.97 Å². The van der Waals surface area contributed by atoms with Crippen LogP contribution in [0.2, 0.25) is 0 Å². The second kappa shape index (κ2) is 16.5. The van der Waals surface area contributed by atoms with Crippen LogP contribution in [0.4, 0.5) is 0 Å². The number of primary amides is 1. The highest BCUT2D eigenvalue weighted by Crippen LogP contribution is 2.08. The van der Waals surface area contributed by atoms with Crippen LogP contribution in [0.15, 0.2) is 4.99 Å². The Bertz CT molecular complexity index is 775. The third kappa shape index (κ3) is 14.0. The summed E-state index contributed by atoms with van der Waals surface area (Å²) in [6, 6.07) is -4.53. The Morgan fingerprint density at radius 3 is 1.91 bits per heavy atom. The van der Waals surface area contributed by atoms with Crippen molar-refractivity contribution in [3.05, 3.63) is 0 Å². The number of carboxylic acid groups (broad SMARTS) is 1. The van der Waals surface area contributed by atoms with E-state index in [1.54, 1.807) is 0 Å². The molecule has 35 heavy (non-hydrogen) atoms. The van der Waals surface area contributed by atoms with Crippen LogP contribution < -0.4 is 38.9 Å². The van der Waals surface area contributed by atoms with E-state index in [1.807, 2.05) is 13.8 Å². The number of carbonyl (C=O) groups excluding carboxylic acids is 4. The number of amides is 4. The van der Waals surface area contributed by atoms with E-state index in [4.69, 9.17) is 22.9 Å². The van der Waals surface area contributed by atoms with Gasteiger partial charge in [0.25, 0.3) is 0 Å². The van der Waals surface area contributed by atoms with Crippen LogP contribution in [0.5, 0.6) is 0 Å². The maximum absolute atomic E-state index is 12.9. The third-order valence-electron chi connectivity index (χ3n) is 4.75. The molecule has 0 aromatic rings. The monoisotopic (exact) mass is 518 g/mol. The van der Waals surface area contributed by atoms with Gasteiger partial charge in [-0.15, -0.1) is 0 Å². The van der Waals surface area contributed by atoms with Crippen molar-refractivity contribution in [1.29, 1.82) is 0 Å².